The Bertz CT molecular complexity index is 73.6. The highest BCUT2D eigenvalue weighted by Crippen LogP contribution is 2.16. The maximum absolute atomic E-state index is 2.24. The molecule has 0 N–H and O–H groups in total. The van der Waals surface area contributed by atoms with Gasteiger partial charge in [0, 0.05) is 0 Å². The quantitative estimate of drug-likeness (QED) is 0.443. The van der Waals surface area contributed by atoms with E-state index in [1.807, 2.05) is 0 Å². The normalized spacial score (nSPS) is 10.3. The van der Waals surface area contributed by atoms with E-state index < -0.39 is 0 Å². The maximum atomic E-state index is 2.24. The molecule has 0 nitrogen and oxygen atoms in total. The van der Waals surface area contributed by atoms with Crippen molar-refractivity contribution in [3.63, 3.8) is 0 Å². The van der Waals surface area contributed by atoms with E-state index in [0.717, 1.165) is 0 Å². The van der Waals surface area contributed by atoms with Gasteiger partial charge in [-0.15, -0.1) is 0 Å². The van der Waals surface area contributed by atoms with Gasteiger partial charge in [0.05, 0.1) is 0 Å². The van der Waals surface area contributed by atoms with Gasteiger partial charge in [0.1, 0.15) is 0 Å². The van der Waals surface area contributed by atoms with Crippen LogP contribution in [0.5, 0.6) is 0 Å². The molecule has 0 aromatic rings. The summed E-state index contributed by atoms with van der Waals surface area (Å²) in [4.78, 5) is 0. The van der Waals surface area contributed by atoms with Crippen LogP contribution in [0.25, 0.3) is 0 Å². The van der Waals surface area contributed by atoms with Crippen molar-refractivity contribution in [3.05, 3.63) is 0 Å². The molecule has 92 valence electrons. The highest BCUT2D eigenvalue weighted by Gasteiger charge is 2.03. The van der Waals surface area contributed by atoms with Gasteiger partial charge in [0.15, 0.2) is 0 Å². The lowest BCUT2D eigenvalue weighted by atomic mass is 9.94. The van der Waals surface area contributed by atoms with E-state index in [-0.39, 0.29) is 14.9 Å². The lowest BCUT2D eigenvalue weighted by Crippen LogP contribution is -2.00. The van der Waals surface area contributed by atoms with Crippen molar-refractivity contribution in [2.45, 2.75) is 83.1 Å². The molecule has 0 spiro atoms. The predicted molar refractivity (Wildman–Crippen MR) is 73.0 cm³/mol. The third kappa shape index (κ3) is 40.3. The van der Waals surface area contributed by atoms with E-state index in [1.165, 1.54) is 12.8 Å². The van der Waals surface area contributed by atoms with Crippen LogP contribution in [0.2, 0.25) is 0 Å². The number of hydrogen-bond acceptors (Lipinski definition) is 0. The summed E-state index contributed by atoms with van der Waals surface area (Å²) in [6, 6.07) is 0. The van der Waals surface area contributed by atoms with Crippen LogP contribution < -0.4 is 0 Å². The molecule has 0 saturated heterocycles. The Hall–Kier alpha value is 0. The van der Waals surface area contributed by atoms with Gasteiger partial charge >= 0.3 is 0 Å². The van der Waals surface area contributed by atoms with E-state index in [4.69, 9.17) is 0 Å². The molecule has 0 aliphatic heterocycles. The Balaban J connectivity index is -0.0000000625. The Kier molecular flexibility index (Phi) is 16.1. The molecule has 14 heavy (non-hydrogen) atoms. The molecule has 0 aliphatic carbocycles. The van der Waals surface area contributed by atoms with Gasteiger partial charge in [-0.2, -0.15) is 0 Å². The average Bonchev–Trinajstić information content (AvgIpc) is 1.86. The van der Waals surface area contributed by atoms with Gasteiger partial charge < -0.3 is 0 Å². The maximum Gasteiger partial charge on any atom is -0.0385 e. The fraction of sp³-hybridized carbons (Fsp3) is 1.00. The topological polar surface area (TPSA) is 0 Å². The third-order valence-corrected chi connectivity index (χ3v) is 2.12. The van der Waals surface area contributed by atoms with Crippen LogP contribution in [0, 0.1) is 10.8 Å². The highest BCUT2D eigenvalue weighted by molar-refractivity contribution is 4.55. The minimum atomic E-state index is 0. The SMILES string of the molecule is C.C.CCC(C)(C)C.CCC(C)(C)C. The molecule has 0 aliphatic rings. The van der Waals surface area contributed by atoms with Crippen LogP contribution in [0.4, 0.5) is 0 Å². The molecule has 0 radical (unpaired) electrons. The Morgan fingerprint density at radius 3 is 0.643 bits per heavy atom. The zero-order valence-corrected chi connectivity index (χ0v) is 10.4. The van der Waals surface area contributed by atoms with Crippen molar-refractivity contribution in [2.24, 2.45) is 10.8 Å². The first-order chi connectivity index (χ1) is 5.12. The van der Waals surface area contributed by atoms with E-state index in [9.17, 15) is 0 Å². The summed E-state index contributed by atoms with van der Waals surface area (Å²) >= 11 is 0. The predicted octanol–water partition coefficient (Wildman–Crippen LogP) is 6.16. The van der Waals surface area contributed by atoms with Crippen LogP contribution in [-0.4, -0.2) is 0 Å². The van der Waals surface area contributed by atoms with Crippen molar-refractivity contribution in [1.82, 2.24) is 0 Å². The van der Waals surface area contributed by atoms with Crippen molar-refractivity contribution >= 4 is 0 Å². The van der Waals surface area contributed by atoms with Gasteiger partial charge in [-0.25, -0.2) is 0 Å². The van der Waals surface area contributed by atoms with Crippen LogP contribution in [0.3, 0.4) is 0 Å². The Labute approximate surface area is 94.5 Å². The molecule has 0 fully saturated rings. The zero-order valence-electron chi connectivity index (χ0n) is 10.4. The number of rotatable bonds is 0. The molecule has 0 aromatic heterocycles. The second kappa shape index (κ2) is 9.55. The van der Waals surface area contributed by atoms with Gasteiger partial charge in [0.2, 0.25) is 0 Å². The first-order valence-electron chi connectivity index (χ1n) is 5.12. The molecule has 0 rings (SSSR count). The molecule has 0 bridgehead atoms. The summed E-state index contributed by atoms with van der Waals surface area (Å²) < 4.78 is 0. The van der Waals surface area contributed by atoms with E-state index in [0.29, 0.717) is 10.8 Å². The molecule has 0 saturated carbocycles. The van der Waals surface area contributed by atoms with Gasteiger partial charge in [-0.05, 0) is 10.8 Å². The first-order valence-corrected chi connectivity index (χ1v) is 5.12. The summed E-state index contributed by atoms with van der Waals surface area (Å²) in [6.07, 6.45) is 2.54. The van der Waals surface area contributed by atoms with E-state index >= 15 is 0 Å². The summed E-state index contributed by atoms with van der Waals surface area (Å²) in [5.74, 6) is 0. The van der Waals surface area contributed by atoms with Crippen LogP contribution in [-0.2, 0) is 0 Å². The van der Waals surface area contributed by atoms with Gasteiger partial charge in [-0.1, -0.05) is 83.1 Å². The van der Waals surface area contributed by atoms with E-state index in [2.05, 4.69) is 55.4 Å². The standard InChI is InChI=1S/2C6H14.2CH4/c2*1-5-6(2,3)4;;/h2*5H2,1-4H3;2*1H4. The van der Waals surface area contributed by atoms with Crippen LogP contribution >= 0.6 is 0 Å². The fourth-order valence-electron chi connectivity index (χ4n) is 0. The first kappa shape index (κ1) is 23.7. The molecular formula is C14H36. The zero-order chi connectivity index (χ0) is 10.4. The fourth-order valence-corrected chi connectivity index (χ4v) is 0. The van der Waals surface area contributed by atoms with Crippen molar-refractivity contribution in [1.29, 1.82) is 0 Å². The summed E-state index contributed by atoms with van der Waals surface area (Å²) in [6.45, 7) is 17.9. The summed E-state index contributed by atoms with van der Waals surface area (Å²) in [5.41, 5.74) is 1.08. The smallest absolute Gasteiger partial charge is 0.0385 e. The molecule has 0 unspecified atom stereocenters. The minimum absolute atomic E-state index is 0. The second-order valence-corrected chi connectivity index (χ2v) is 5.83. The van der Waals surface area contributed by atoms with Crippen molar-refractivity contribution < 1.29 is 0 Å². The van der Waals surface area contributed by atoms with Gasteiger partial charge in [0.25, 0.3) is 0 Å². The average molecular weight is 204 g/mol. The van der Waals surface area contributed by atoms with Crippen molar-refractivity contribution in [3.8, 4) is 0 Å². The molecule has 0 heteroatoms. The largest absolute Gasteiger partial charge is 0.0776 e. The van der Waals surface area contributed by atoms with Crippen LogP contribution in [0.15, 0.2) is 0 Å². The molecule has 0 atom stereocenters. The lowest BCUT2D eigenvalue weighted by molar-refractivity contribution is 0.397. The highest BCUT2D eigenvalue weighted by atomic mass is 14.1. The third-order valence-electron chi connectivity index (χ3n) is 2.12. The monoisotopic (exact) mass is 204 g/mol. The van der Waals surface area contributed by atoms with Crippen LogP contribution in [0.1, 0.15) is 83.1 Å². The molecule has 0 aromatic carbocycles. The molecular weight excluding hydrogens is 168 g/mol. The van der Waals surface area contributed by atoms with Crippen molar-refractivity contribution in [2.75, 3.05) is 0 Å². The minimum Gasteiger partial charge on any atom is -0.0776 e. The second-order valence-electron chi connectivity index (χ2n) is 5.83. The molecule has 0 amide bonds. The summed E-state index contributed by atoms with van der Waals surface area (Å²) in [5, 5.41) is 0. The summed E-state index contributed by atoms with van der Waals surface area (Å²) in [7, 11) is 0. The lowest BCUT2D eigenvalue weighted by Gasteiger charge is -2.12. The van der Waals surface area contributed by atoms with Gasteiger partial charge in [-0.3, -0.25) is 0 Å². The molecule has 0 heterocycles. The Morgan fingerprint density at radius 2 is 0.643 bits per heavy atom. The van der Waals surface area contributed by atoms with E-state index in [1.54, 1.807) is 0 Å². The Morgan fingerprint density at radius 1 is 0.571 bits per heavy atom. The number of hydrogen-bond donors (Lipinski definition) is 0.